The van der Waals surface area contributed by atoms with Gasteiger partial charge in [-0.15, -0.1) is 0 Å². The fourth-order valence-corrected chi connectivity index (χ4v) is 2.35. The highest BCUT2D eigenvalue weighted by atomic mass is 15.1. The molecule has 1 aliphatic carbocycles. The van der Waals surface area contributed by atoms with Crippen molar-refractivity contribution < 1.29 is 0 Å². The molecule has 78 valence electrons. The van der Waals surface area contributed by atoms with E-state index >= 15 is 0 Å². The molecule has 2 heteroatoms. The molecule has 0 amide bonds. The van der Waals surface area contributed by atoms with Gasteiger partial charge in [0.2, 0.25) is 0 Å². The van der Waals surface area contributed by atoms with Gasteiger partial charge in [0.05, 0.1) is 0 Å². The molecule has 1 fully saturated rings. The molecular formula is C11H24N2. The van der Waals surface area contributed by atoms with E-state index in [-0.39, 0.29) is 0 Å². The van der Waals surface area contributed by atoms with Crippen LogP contribution in [0.4, 0.5) is 0 Å². The van der Waals surface area contributed by atoms with Crippen LogP contribution in [-0.4, -0.2) is 37.1 Å². The summed E-state index contributed by atoms with van der Waals surface area (Å²) >= 11 is 0. The molecule has 0 saturated heterocycles. The van der Waals surface area contributed by atoms with Crippen molar-refractivity contribution in [2.75, 3.05) is 14.1 Å². The molecule has 0 unspecified atom stereocenters. The maximum atomic E-state index is 3.67. The van der Waals surface area contributed by atoms with Crippen LogP contribution in [0.2, 0.25) is 0 Å². The molecule has 0 aromatic heterocycles. The summed E-state index contributed by atoms with van der Waals surface area (Å²) in [6.45, 7) is 4.47. The van der Waals surface area contributed by atoms with Gasteiger partial charge in [-0.3, -0.25) is 0 Å². The van der Waals surface area contributed by atoms with Gasteiger partial charge in [-0.1, -0.05) is 26.7 Å². The van der Waals surface area contributed by atoms with Crippen LogP contribution >= 0.6 is 0 Å². The van der Waals surface area contributed by atoms with Crippen LogP contribution in [0.25, 0.3) is 0 Å². The lowest BCUT2D eigenvalue weighted by molar-refractivity contribution is 0.170. The molecule has 0 spiro atoms. The lowest BCUT2D eigenvalue weighted by Gasteiger charge is -2.37. The molecule has 1 aliphatic rings. The van der Waals surface area contributed by atoms with E-state index in [9.17, 15) is 0 Å². The standard InChI is InChI=1S/C11H24N2/c1-9(2)12-10-7-5-6-8-11(10)13(3)4/h9-12H,5-8H2,1-4H3/t10-,11-/m0/s1. The van der Waals surface area contributed by atoms with Crippen molar-refractivity contribution in [1.29, 1.82) is 0 Å². The Morgan fingerprint density at radius 2 is 1.77 bits per heavy atom. The molecule has 0 bridgehead atoms. The Kier molecular flexibility index (Phi) is 4.20. The number of nitrogens with zero attached hydrogens (tertiary/aromatic N) is 1. The lowest BCUT2D eigenvalue weighted by atomic mass is 9.89. The fourth-order valence-electron chi connectivity index (χ4n) is 2.35. The first-order valence-electron chi connectivity index (χ1n) is 5.53. The predicted molar refractivity (Wildman–Crippen MR) is 58.0 cm³/mol. The van der Waals surface area contributed by atoms with E-state index in [0.29, 0.717) is 12.1 Å². The summed E-state index contributed by atoms with van der Waals surface area (Å²) in [6, 6.07) is 2.07. The Morgan fingerprint density at radius 1 is 1.15 bits per heavy atom. The van der Waals surface area contributed by atoms with Crippen LogP contribution < -0.4 is 5.32 Å². The Hall–Kier alpha value is -0.0800. The average molecular weight is 184 g/mol. The third kappa shape index (κ3) is 3.28. The van der Waals surface area contributed by atoms with Gasteiger partial charge >= 0.3 is 0 Å². The van der Waals surface area contributed by atoms with Gasteiger partial charge in [0.1, 0.15) is 0 Å². The third-order valence-electron chi connectivity index (χ3n) is 2.94. The minimum Gasteiger partial charge on any atom is -0.310 e. The topological polar surface area (TPSA) is 15.3 Å². The number of hydrogen-bond acceptors (Lipinski definition) is 2. The number of likely N-dealkylation sites (N-methyl/N-ethyl adjacent to an activating group) is 1. The van der Waals surface area contributed by atoms with Gasteiger partial charge in [-0.25, -0.2) is 0 Å². The van der Waals surface area contributed by atoms with Crippen LogP contribution in [0.5, 0.6) is 0 Å². The lowest BCUT2D eigenvalue weighted by Crippen LogP contribution is -2.51. The largest absolute Gasteiger partial charge is 0.310 e. The molecule has 0 radical (unpaired) electrons. The first-order chi connectivity index (χ1) is 6.11. The first kappa shape index (κ1) is 11.0. The van der Waals surface area contributed by atoms with Crippen molar-refractivity contribution in [3.63, 3.8) is 0 Å². The second-order valence-corrected chi connectivity index (χ2v) is 4.74. The molecule has 2 atom stereocenters. The van der Waals surface area contributed by atoms with Crippen LogP contribution in [0.1, 0.15) is 39.5 Å². The zero-order chi connectivity index (χ0) is 9.84. The second-order valence-electron chi connectivity index (χ2n) is 4.74. The average Bonchev–Trinajstić information content (AvgIpc) is 2.03. The van der Waals surface area contributed by atoms with Crippen molar-refractivity contribution in [3.8, 4) is 0 Å². The van der Waals surface area contributed by atoms with Gasteiger partial charge in [-0.2, -0.15) is 0 Å². The van der Waals surface area contributed by atoms with E-state index in [1.54, 1.807) is 0 Å². The number of hydrogen-bond donors (Lipinski definition) is 1. The monoisotopic (exact) mass is 184 g/mol. The van der Waals surface area contributed by atoms with Gasteiger partial charge < -0.3 is 10.2 Å². The second kappa shape index (κ2) is 4.97. The van der Waals surface area contributed by atoms with Crippen molar-refractivity contribution in [3.05, 3.63) is 0 Å². The number of nitrogens with one attached hydrogen (secondary N) is 1. The quantitative estimate of drug-likeness (QED) is 0.720. The highest BCUT2D eigenvalue weighted by molar-refractivity contribution is 4.86. The molecular weight excluding hydrogens is 160 g/mol. The van der Waals surface area contributed by atoms with Crippen LogP contribution in [0.15, 0.2) is 0 Å². The minimum atomic E-state index is 0.616. The van der Waals surface area contributed by atoms with Crippen molar-refractivity contribution in [2.45, 2.75) is 57.7 Å². The zero-order valence-corrected chi connectivity index (χ0v) is 9.51. The summed E-state index contributed by atoms with van der Waals surface area (Å²) in [6.07, 6.45) is 5.51. The van der Waals surface area contributed by atoms with Crippen molar-refractivity contribution in [2.24, 2.45) is 0 Å². The Balaban J connectivity index is 2.46. The summed E-state index contributed by atoms with van der Waals surface area (Å²) < 4.78 is 0. The maximum absolute atomic E-state index is 3.67. The third-order valence-corrected chi connectivity index (χ3v) is 2.94. The Bertz CT molecular complexity index is 143. The van der Waals surface area contributed by atoms with Gasteiger partial charge in [0, 0.05) is 18.1 Å². The molecule has 1 N–H and O–H groups in total. The SMILES string of the molecule is CC(C)N[C@H]1CCCC[C@@H]1N(C)C. The van der Waals surface area contributed by atoms with Crippen molar-refractivity contribution in [1.82, 2.24) is 10.2 Å². The normalized spacial score (nSPS) is 30.0. The van der Waals surface area contributed by atoms with E-state index in [1.807, 2.05) is 0 Å². The predicted octanol–water partition coefficient (Wildman–Crippen LogP) is 1.86. The highest BCUT2D eigenvalue weighted by Crippen LogP contribution is 2.21. The molecule has 0 aliphatic heterocycles. The van der Waals surface area contributed by atoms with Crippen LogP contribution in [-0.2, 0) is 0 Å². The van der Waals surface area contributed by atoms with E-state index in [1.165, 1.54) is 25.7 Å². The molecule has 0 aromatic rings. The minimum absolute atomic E-state index is 0.616. The Labute approximate surface area is 82.7 Å². The van der Waals surface area contributed by atoms with Crippen LogP contribution in [0.3, 0.4) is 0 Å². The van der Waals surface area contributed by atoms with Crippen molar-refractivity contribution >= 4 is 0 Å². The maximum Gasteiger partial charge on any atom is 0.0243 e. The summed E-state index contributed by atoms with van der Waals surface area (Å²) in [5.74, 6) is 0. The summed E-state index contributed by atoms with van der Waals surface area (Å²) in [5, 5.41) is 3.67. The fraction of sp³-hybridized carbons (Fsp3) is 1.00. The zero-order valence-electron chi connectivity index (χ0n) is 9.51. The van der Waals surface area contributed by atoms with E-state index in [2.05, 4.69) is 38.2 Å². The smallest absolute Gasteiger partial charge is 0.0243 e. The molecule has 1 saturated carbocycles. The Morgan fingerprint density at radius 3 is 2.31 bits per heavy atom. The number of rotatable bonds is 3. The van der Waals surface area contributed by atoms with Gasteiger partial charge in [0.25, 0.3) is 0 Å². The molecule has 0 aromatic carbocycles. The summed E-state index contributed by atoms with van der Waals surface area (Å²) in [4.78, 5) is 2.37. The molecule has 1 rings (SSSR count). The first-order valence-corrected chi connectivity index (χ1v) is 5.53. The summed E-state index contributed by atoms with van der Waals surface area (Å²) in [7, 11) is 4.40. The van der Waals surface area contributed by atoms with E-state index in [4.69, 9.17) is 0 Å². The van der Waals surface area contributed by atoms with E-state index < -0.39 is 0 Å². The molecule has 2 nitrogen and oxygen atoms in total. The van der Waals surface area contributed by atoms with Crippen LogP contribution in [0, 0.1) is 0 Å². The highest BCUT2D eigenvalue weighted by Gasteiger charge is 2.26. The van der Waals surface area contributed by atoms with Gasteiger partial charge in [-0.05, 0) is 26.9 Å². The van der Waals surface area contributed by atoms with E-state index in [0.717, 1.165) is 6.04 Å². The molecule has 13 heavy (non-hydrogen) atoms. The van der Waals surface area contributed by atoms with Gasteiger partial charge in [0.15, 0.2) is 0 Å². The molecule has 0 heterocycles. The summed E-state index contributed by atoms with van der Waals surface area (Å²) in [5.41, 5.74) is 0.